The third-order valence-electron chi connectivity index (χ3n) is 4.81. The number of piperidine rings is 1. The number of likely N-dealkylation sites (tertiary alicyclic amines) is 1. The van der Waals surface area contributed by atoms with Gasteiger partial charge in [0.2, 0.25) is 0 Å². The molecule has 0 spiro atoms. The Morgan fingerprint density at radius 1 is 1.14 bits per heavy atom. The summed E-state index contributed by atoms with van der Waals surface area (Å²) in [6.07, 6.45) is 2.56. The first kappa shape index (κ1) is 14.1. The van der Waals surface area contributed by atoms with Gasteiger partial charge in [0.25, 0.3) is 0 Å². The predicted octanol–water partition coefficient (Wildman–Crippen LogP) is 1.52. The van der Waals surface area contributed by atoms with Crippen LogP contribution in [0.1, 0.15) is 18.4 Å². The maximum Gasteiger partial charge on any atom is 0.139 e. The van der Waals surface area contributed by atoms with Crippen molar-refractivity contribution in [1.29, 1.82) is 0 Å². The van der Waals surface area contributed by atoms with Gasteiger partial charge in [-0.15, -0.1) is 0 Å². The summed E-state index contributed by atoms with van der Waals surface area (Å²) >= 11 is 0. The van der Waals surface area contributed by atoms with Gasteiger partial charge in [0, 0.05) is 32.2 Å². The molecule has 0 aliphatic carbocycles. The van der Waals surface area contributed by atoms with Crippen LogP contribution in [0, 0.1) is 0 Å². The Bertz CT molecular complexity index is 623. The van der Waals surface area contributed by atoms with E-state index in [0.29, 0.717) is 6.04 Å². The van der Waals surface area contributed by atoms with Crippen LogP contribution in [-0.4, -0.2) is 65.5 Å². The summed E-state index contributed by atoms with van der Waals surface area (Å²) in [7, 11) is 0. The second-order valence-electron chi connectivity index (χ2n) is 6.23. The molecule has 2 aliphatic rings. The lowest BCUT2D eigenvalue weighted by Gasteiger charge is -2.40. The second-order valence-corrected chi connectivity index (χ2v) is 6.23. The summed E-state index contributed by atoms with van der Waals surface area (Å²) in [5.74, 6) is 0. The van der Waals surface area contributed by atoms with Gasteiger partial charge in [-0.25, -0.2) is 4.63 Å². The van der Waals surface area contributed by atoms with Crippen LogP contribution in [0.3, 0.4) is 0 Å². The van der Waals surface area contributed by atoms with Crippen LogP contribution >= 0.6 is 0 Å². The lowest BCUT2D eigenvalue weighted by Crippen LogP contribution is -2.51. The molecule has 118 valence electrons. The van der Waals surface area contributed by atoms with Crippen LogP contribution in [0.4, 0.5) is 0 Å². The monoisotopic (exact) mass is 302 g/mol. The van der Waals surface area contributed by atoms with Gasteiger partial charge in [0.05, 0.1) is 13.2 Å². The van der Waals surface area contributed by atoms with Crippen LogP contribution in [-0.2, 0) is 11.3 Å². The molecule has 0 bridgehead atoms. The average Bonchev–Trinajstić information content (AvgIpc) is 3.06. The Kier molecular flexibility index (Phi) is 4.05. The third kappa shape index (κ3) is 2.86. The van der Waals surface area contributed by atoms with Crippen LogP contribution in [0.2, 0.25) is 0 Å². The first-order valence-electron chi connectivity index (χ1n) is 8.14. The van der Waals surface area contributed by atoms with E-state index in [0.717, 1.165) is 57.0 Å². The van der Waals surface area contributed by atoms with E-state index in [1.54, 1.807) is 0 Å². The quantitative estimate of drug-likeness (QED) is 0.857. The van der Waals surface area contributed by atoms with Crippen molar-refractivity contribution in [3.05, 3.63) is 23.8 Å². The summed E-state index contributed by atoms with van der Waals surface area (Å²) in [5.41, 5.74) is 2.96. The fourth-order valence-electron chi connectivity index (χ4n) is 3.65. The van der Waals surface area contributed by atoms with Crippen molar-refractivity contribution in [1.82, 2.24) is 20.1 Å². The van der Waals surface area contributed by atoms with Crippen LogP contribution in [0.5, 0.6) is 0 Å². The molecule has 2 fully saturated rings. The van der Waals surface area contributed by atoms with Crippen molar-refractivity contribution < 1.29 is 9.37 Å². The van der Waals surface area contributed by atoms with Gasteiger partial charge in [-0.2, -0.15) is 0 Å². The fourth-order valence-corrected chi connectivity index (χ4v) is 3.65. The minimum atomic E-state index is 0.660. The number of benzene rings is 1. The molecule has 22 heavy (non-hydrogen) atoms. The number of nitrogens with zero attached hydrogens (tertiary/aromatic N) is 4. The molecule has 0 N–H and O–H groups in total. The van der Waals surface area contributed by atoms with Gasteiger partial charge >= 0.3 is 0 Å². The smallest absolute Gasteiger partial charge is 0.139 e. The van der Waals surface area contributed by atoms with E-state index >= 15 is 0 Å². The van der Waals surface area contributed by atoms with E-state index in [1.165, 1.54) is 18.4 Å². The summed E-state index contributed by atoms with van der Waals surface area (Å²) in [5, 5.41) is 7.99. The zero-order valence-electron chi connectivity index (χ0n) is 12.8. The van der Waals surface area contributed by atoms with Crippen molar-refractivity contribution >= 4 is 11.0 Å². The summed E-state index contributed by atoms with van der Waals surface area (Å²) in [6.45, 7) is 7.10. The second kappa shape index (κ2) is 6.32. The molecule has 6 heteroatoms. The number of hydrogen-bond donors (Lipinski definition) is 0. The number of hydrogen-bond acceptors (Lipinski definition) is 6. The summed E-state index contributed by atoms with van der Waals surface area (Å²) in [6, 6.07) is 6.77. The third-order valence-corrected chi connectivity index (χ3v) is 4.81. The Morgan fingerprint density at radius 3 is 2.95 bits per heavy atom. The molecular weight excluding hydrogens is 280 g/mol. The number of ether oxygens (including phenoxy) is 1. The number of fused-ring (bicyclic) bond motifs is 1. The molecule has 2 saturated heterocycles. The number of morpholine rings is 1. The molecular formula is C16H22N4O2. The van der Waals surface area contributed by atoms with Crippen LogP contribution in [0.15, 0.2) is 22.8 Å². The van der Waals surface area contributed by atoms with Crippen molar-refractivity contribution in [2.75, 3.05) is 39.4 Å². The number of aromatic nitrogens is 2. The van der Waals surface area contributed by atoms with E-state index in [-0.39, 0.29) is 0 Å². The Morgan fingerprint density at radius 2 is 2.05 bits per heavy atom. The van der Waals surface area contributed by atoms with Crippen molar-refractivity contribution in [3.8, 4) is 0 Å². The van der Waals surface area contributed by atoms with E-state index < -0.39 is 0 Å². The standard InChI is InChI=1S/C16H22N4O2/c1-3-13(16-15(5-1)17-22-18-16)11-19-6-2-4-14(12-19)20-7-9-21-10-8-20/h1,3,5,14H,2,4,6-12H2. The lowest BCUT2D eigenvalue weighted by molar-refractivity contribution is -0.00354. The van der Waals surface area contributed by atoms with Crippen molar-refractivity contribution in [2.45, 2.75) is 25.4 Å². The lowest BCUT2D eigenvalue weighted by atomic mass is 10.0. The summed E-state index contributed by atoms with van der Waals surface area (Å²) in [4.78, 5) is 5.13. The highest BCUT2D eigenvalue weighted by molar-refractivity contribution is 5.76. The highest BCUT2D eigenvalue weighted by Gasteiger charge is 2.26. The summed E-state index contributed by atoms with van der Waals surface area (Å²) < 4.78 is 10.3. The Hall–Kier alpha value is -1.50. The number of rotatable bonds is 3. The molecule has 0 saturated carbocycles. The van der Waals surface area contributed by atoms with Gasteiger partial charge in [0.1, 0.15) is 11.0 Å². The Labute approximate surface area is 130 Å². The van der Waals surface area contributed by atoms with E-state index in [1.807, 2.05) is 12.1 Å². The predicted molar refractivity (Wildman–Crippen MR) is 82.5 cm³/mol. The van der Waals surface area contributed by atoms with Gasteiger partial charge in [0.15, 0.2) is 0 Å². The van der Waals surface area contributed by atoms with E-state index in [4.69, 9.17) is 9.37 Å². The zero-order valence-corrected chi connectivity index (χ0v) is 12.8. The molecule has 0 amide bonds. The SMILES string of the molecule is c1cc(CN2CCCC(N3CCOCC3)C2)c2nonc2c1. The van der Waals surface area contributed by atoms with Gasteiger partial charge in [-0.05, 0) is 41.3 Å². The van der Waals surface area contributed by atoms with Crippen molar-refractivity contribution in [3.63, 3.8) is 0 Å². The first-order chi connectivity index (χ1) is 10.9. The molecule has 2 aliphatic heterocycles. The van der Waals surface area contributed by atoms with E-state index in [2.05, 4.69) is 26.2 Å². The highest BCUT2D eigenvalue weighted by atomic mass is 16.6. The van der Waals surface area contributed by atoms with Gasteiger partial charge < -0.3 is 4.74 Å². The average molecular weight is 302 g/mol. The van der Waals surface area contributed by atoms with Crippen LogP contribution < -0.4 is 0 Å². The van der Waals surface area contributed by atoms with Gasteiger partial charge in [-0.1, -0.05) is 12.1 Å². The van der Waals surface area contributed by atoms with Gasteiger partial charge in [-0.3, -0.25) is 9.80 Å². The molecule has 6 nitrogen and oxygen atoms in total. The minimum Gasteiger partial charge on any atom is -0.379 e. The minimum absolute atomic E-state index is 0.660. The Balaban J connectivity index is 1.45. The van der Waals surface area contributed by atoms with E-state index in [9.17, 15) is 0 Å². The normalized spacial score (nSPS) is 24.8. The van der Waals surface area contributed by atoms with Crippen LogP contribution in [0.25, 0.3) is 11.0 Å². The molecule has 4 rings (SSSR count). The maximum absolute atomic E-state index is 5.47. The largest absolute Gasteiger partial charge is 0.379 e. The maximum atomic E-state index is 5.47. The molecule has 2 aromatic rings. The molecule has 1 aromatic carbocycles. The molecule has 3 heterocycles. The molecule has 1 aromatic heterocycles. The highest BCUT2D eigenvalue weighted by Crippen LogP contribution is 2.21. The molecule has 0 radical (unpaired) electrons. The van der Waals surface area contributed by atoms with Crippen molar-refractivity contribution in [2.24, 2.45) is 0 Å². The first-order valence-corrected chi connectivity index (χ1v) is 8.14. The zero-order chi connectivity index (χ0) is 14.8. The topological polar surface area (TPSA) is 54.6 Å². The fraction of sp³-hybridized carbons (Fsp3) is 0.625. The molecule has 1 atom stereocenters. The molecule has 1 unspecified atom stereocenters.